The van der Waals surface area contributed by atoms with E-state index in [-0.39, 0.29) is 0 Å². The summed E-state index contributed by atoms with van der Waals surface area (Å²) >= 11 is 0. The number of pyridine rings is 1. The van der Waals surface area contributed by atoms with E-state index in [0.717, 1.165) is 23.7 Å². The lowest BCUT2D eigenvalue weighted by molar-refractivity contribution is 0.210. The average Bonchev–Trinajstić information content (AvgIpc) is 3.35. The first-order valence-corrected chi connectivity index (χ1v) is 9.29. The van der Waals surface area contributed by atoms with Gasteiger partial charge in [0, 0.05) is 18.9 Å². The van der Waals surface area contributed by atoms with Crippen LogP contribution < -0.4 is 0 Å². The molecule has 0 aromatic carbocycles. The van der Waals surface area contributed by atoms with Crippen LogP contribution in [0.1, 0.15) is 55.3 Å². The fraction of sp³-hybridized carbons (Fsp3) is 0.474. The van der Waals surface area contributed by atoms with Crippen molar-refractivity contribution in [1.82, 2.24) is 30.1 Å². The van der Waals surface area contributed by atoms with Gasteiger partial charge in [-0.2, -0.15) is 0 Å². The molecule has 0 saturated heterocycles. The van der Waals surface area contributed by atoms with Crippen molar-refractivity contribution < 1.29 is 4.42 Å². The fourth-order valence-electron chi connectivity index (χ4n) is 3.67. The maximum atomic E-state index is 5.55. The Morgan fingerprint density at radius 3 is 2.77 bits per heavy atom. The lowest BCUT2D eigenvalue weighted by atomic mass is 9.95. The molecule has 136 valence electrons. The Bertz CT molecular complexity index is 779. The normalized spacial score (nSPS) is 15.6. The molecule has 7 nitrogen and oxygen atoms in total. The van der Waals surface area contributed by atoms with Crippen LogP contribution in [-0.4, -0.2) is 30.1 Å². The second-order valence-electron chi connectivity index (χ2n) is 6.92. The highest BCUT2D eigenvalue weighted by Crippen LogP contribution is 2.28. The summed E-state index contributed by atoms with van der Waals surface area (Å²) in [4.78, 5) is 6.52. The molecule has 4 rings (SSSR count). The molecule has 3 aromatic heterocycles. The molecule has 0 N–H and O–H groups in total. The Balaban J connectivity index is 1.51. The van der Waals surface area contributed by atoms with Gasteiger partial charge in [-0.3, -0.25) is 9.88 Å². The summed E-state index contributed by atoms with van der Waals surface area (Å²) in [6, 6.07) is 8.40. The third kappa shape index (κ3) is 4.16. The topological polar surface area (TPSA) is 72.9 Å². The Hall–Kier alpha value is -2.54. The van der Waals surface area contributed by atoms with Gasteiger partial charge >= 0.3 is 0 Å². The van der Waals surface area contributed by atoms with E-state index in [2.05, 4.69) is 31.5 Å². The van der Waals surface area contributed by atoms with Crippen LogP contribution >= 0.6 is 0 Å². The van der Waals surface area contributed by atoms with E-state index >= 15 is 0 Å². The number of hydrogen-bond acceptors (Lipinski definition) is 6. The minimum Gasteiger partial charge on any atom is -0.468 e. The van der Waals surface area contributed by atoms with Crippen LogP contribution in [0.3, 0.4) is 0 Å². The number of nitrogens with zero attached hydrogens (tertiary/aromatic N) is 6. The van der Waals surface area contributed by atoms with Gasteiger partial charge in [-0.25, -0.2) is 4.68 Å². The van der Waals surface area contributed by atoms with Crippen molar-refractivity contribution in [2.75, 3.05) is 0 Å². The van der Waals surface area contributed by atoms with E-state index in [1.807, 2.05) is 29.1 Å². The first kappa shape index (κ1) is 16.9. The fourth-order valence-corrected chi connectivity index (χ4v) is 3.67. The maximum absolute atomic E-state index is 5.55. The van der Waals surface area contributed by atoms with Gasteiger partial charge in [0.25, 0.3) is 0 Å². The Kier molecular flexibility index (Phi) is 5.35. The second-order valence-corrected chi connectivity index (χ2v) is 6.92. The number of tetrazole rings is 1. The molecule has 1 aliphatic rings. The highest BCUT2D eigenvalue weighted by molar-refractivity contribution is 5.09. The molecule has 1 aliphatic carbocycles. The lowest BCUT2D eigenvalue weighted by Crippen LogP contribution is -2.26. The predicted molar refractivity (Wildman–Crippen MR) is 95.8 cm³/mol. The first-order chi connectivity index (χ1) is 12.9. The van der Waals surface area contributed by atoms with Gasteiger partial charge in [0.1, 0.15) is 5.76 Å². The van der Waals surface area contributed by atoms with Crippen molar-refractivity contribution in [2.45, 2.75) is 57.8 Å². The molecule has 3 aromatic rings. The predicted octanol–water partition coefficient (Wildman–Crippen LogP) is 3.37. The summed E-state index contributed by atoms with van der Waals surface area (Å²) in [6.07, 6.45) is 11.6. The van der Waals surface area contributed by atoms with E-state index in [1.165, 1.54) is 32.1 Å². The van der Waals surface area contributed by atoms with Gasteiger partial charge in [-0.15, -0.1) is 5.10 Å². The Morgan fingerprint density at radius 2 is 2.00 bits per heavy atom. The quantitative estimate of drug-likeness (QED) is 0.649. The van der Waals surface area contributed by atoms with Gasteiger partial charge < -0.3 is 4.42 Å². The van der Waals surface area contributed by atoms with Crippen molar-refractivity contribution in [3.05, 3.63) is 60.1 Å². The molecule has 1 saturated carbocycles. The zero-order chi connectivity index (χ0) is 17.6. The van der Waals surface area contributed by atoms with E-state index in [9.17, 15) is 0 Å². The highest BCUT2D eigenvalue weighted by atomic mass is 16.3. The molecule has 0 spiro atoms. The van der Waals surface area contributed by atoms with Crippen LogP contribution in [0.4, 0.5) is 0 Å². The molecule has 26 heavy (non-hydrogen) atoms. The monoisotopic (exact) mass is 352 g/mol. The van der Waals surface area contributed by atoms with Crippen molar-refractivity contribution in [1.29, 1.82) is 0 Å². The minimum absolute atomic E-state index is 0.428. The van der Waals surface area contributed by atoms with Crippen molar-refractivity contribution in [3.63, 3.8) is 0 Å². The molecular weight excluding hydrogens is 328 g/mol. The zero-order valence-corrected chi connectivity index (χ0v) is 14.9. The van der Waals surface area contributed by atoms with Gasteiger partial charge in [0.05, 0.1) is 25.4 Å². The van der Waals surface area contributed by atoms with E-state index in [1.54, 1.807) is 12.5 Å². The van der Waals surface area contributed by atoms with Crippen molar-refractivity contribution >= 4 is 0 Å². The van der Waals surface area contributed by atoms with Gasteiger partial charge in [-0.1, -0.05) is 25.3 Å². The van der Waals surface area contributed by atoms with Crippen LogP contribution in [0.2, 0.25) is 0 Å². The average molecular weight is 352 g/mol. The summed E-state index contributed by atoms with van der Waals surface area (Å²) in [5.74, 6) is 1.86. The van der Waals surface area contributed by atoms with Crippen LogP contribution in [0, 0.1) is 0 Å². The standard InChI is InChI=1S/C19H24N6O/c1-2-7-17(8-3-1)25-19(21-22-23-25)15-24(14-18-9-5-11-26-18)13-16-6-4-10-20-12-16/h4-6,9-12,17H,1-3,7-8,13-15H2. The van der Waals surface area contributed by atoms with Crippen LogP contribution in [0.25, 0.3) is 0 Å². The molecule has 0 bridgehead atoms. The number of hydrogen-bond donors (Lipinski definition) is 0. The van der Waals surface area contributed by atoms with Crippen molar-refractivity contribution in [2.24, 2.45) is 0 Å². The zero-order valence-electron chi connectivity index (χ0n) is 14.9. The lowest BCUT2D eigenvalue weighted by Gasteiger charge is -2.25. The van der Waals surface area contributed by atoms with Crippen LogP contribution in [-0.2, 0) is 19.6 Å². The van der Waals surface area contributed by atoms with E-state index in [4.69, 9.17) is 4.42 Å². The molecule has 0 aliphatic heterocycles. The van der Waals surface area contributed by atoms with Crippen molar-refractivity contribution in [3.8, 4) is 0 Å². The molecule has 0 atom stereocenters. The van der Waals surface area contributed by atoms with Gasteiger partial charge in [-0.05, 0) is 47.0 Å². The molecule has 7 heteroatoms. The first-order valence-electron chi connectivity index (χ1n) is 9.29. The van der Waals surface area contributed by atoms with Crippen LogP contribution in [0.15, 0.2) is 47.3 Å². The number of rotatable bonds is 7. The smallest absolute Gasteiger partial charge is 0.165 e. The minimum atomic E-state index is 0.428. The summed E-state index contributed by atoms with van der Waals surface area (Å²) in [5.41, 5.74) is 1.16. The second kappa shape index (κ2) is 8.23. The SMILES string of the molecule is c1cncc(CN(Cc2ccco2)Cc2nnnn2C2CCCCC2)c1. The van der Waals surface area contributed by atoms with Gasteiger partial charge in [0.2, 0.25) is 0 Å². The van der Waals surface area contributed by atoms with Crippen LogP contribution in [0.5, 0.6) is 0 Å². The summed E-state index contributed by atoms with van der Waals surface area (Å²) < 4.78 is 7.59. The summed E-state index contributed by atoms with van der Waals surface area (Å²) in [7, 11) is 0. The molecular formula is C19H24N6O. The molecule has 3 heterocycles. The molecule has 0 amide bonds. The molecule has 0 radical (unpaired) electrons. The third-order valence-electron chi connectivity index (χ3n) is 4.94. The largest absolute Gasteiger partial charge is 0.468 e. The Morgan fingerprint density at radius 1 is 1.08 bits per heavy atom. The van der Waals surface area contributed by atoms with Gasteiger partial charge in [0.15, 0.2) is 5.82 Å². The number of aromatic nitrogens is 5. The Labute approximate surface area is 153 Å². The third-order valence-corrected chi connectivity index (χ3v) is 4.94. The molecule has 1 fully saturated rings. The molecule has 0 unspecified atom stereocenters. The summed E-state index contributed by atoms with van der Waals surface area (Å²) in [6.45, 7) is 2.16. The highest BCUT2D eigenvalue weighted by Gasteiger charge is 2.22. The summed E-state index contributed by atoms with van der Waals surface area (Å²) in [5, 5.41) is 12.6. The van der Waals surface area contributed by atoms with E-state index < -0.39 is 0 Å². The van der Waals surface area contributed by atoms with E-state index in [0.29, 0.717) is 19.1 Å². The number of furan rings is 1. The maximum Gasteiger partial charge on any atom is 0.165 e.